The molecular formula is C25H48. The molecule has 0 N–H and O–H groups in total. The number of hydrogen-bond donors (Lipinski definition) is 0. The van der Waals surface area contributed by atoms with Gasteiger partial charge in [-0.15, -0.1) is 0 Å². The highest BCUT2D eigenvalue weighted by molar-refractivity contribution is 4.72. The van der Waals surface area contributed by atoms with E-state index in [0.717, 1.165) is 17.8 Å². The molecule has 2 saturated carbocycles. The van der Waals surface area contributed by atoms with E-state index in [9.17, 15) is 0 Å². The molecular weight excluding hydrogens is 300 g/mol. The SMILES string of the molecule is CCCCCCCCC(CCC1CCCCC1)CCC1CCCCC1. The zero-order valence-electron chi connectivity index (χ0n) is 17.6. The van der Waals surface area contributed by atoms with Crippen molar-refractivity contribution in [3.8, 4) is 0 Å². The lowest BCUT2D eigenvalue weighted by molar-refractivity contribution is 0.263. The summed E-state index contributed by atoms with van der Waals surface area (Å²) in [6.45, 7) is 2.33. The summed E-state index contributed by atoms with van der Waals surface area (Å²) >= 11 is 0. The molecule has 2 rings (SSSR count). The fourth-order valence-corrected chi connectivity index (χ4v) is 5.54. The van der Waals surface area contributed by atoms with E-state index in [1.165, 1.54) is 77.0 Å². The lowest BCUT2D eigenvalue weighted by Gasteiger charge is -2.27. The van der Waals surface area contributed by atoms with E-state index in [1.54, 1.807) is 57.8 Å². The minimum Gasteiger partial charge on any atom is -0.0654 e. The Morgan fingerprint density at radius 1 is 0.560 bits per heavy atom. The molecule has 0 saturated heterocycles. The first-order valence-corrected chi connectivity index (χ1v) is 12.4. The molecule has 0 radical (unpaired) electrons. The maximum atomic E-state index is 2.33. The van der Waals surface area contributed by atoms with Crippen molar-refractivity contribution in [3.63, 3.8) is 0 Å². The summed E-state index contributed by atoms with van der Waals surface area (Å²) < 4.78 is 0. The predicted octanol–water partition coefficient (Wildman–Crippen LogP) is 9.07. The first-order chi connectivity index (χ1) is 12.4. The smallest absolute Gasteiger partial charge is 0.0414 e. The van der Waals surface area contributed by atoms with Crippen LogP contribution in [0.5, 0.6) is 0 Å². The van der Waals surface area contributed by atoms with Gasteiger partial charge in [-0.05, 0) is 17.8 Å². The molecule has 0 heteroatoms. The highest BCUT2D eigenvalue weighted by atomic mass is 14.2. The predicted molar refractivity (Wildman–Crippen MR) is 113 cm³/mol. The van der Waals surface area contributed by atoms with Gasteiger partial charge in [-0.3, -0.25) is 0 Å². The minimum atomic E-state index is 1.06. The lowest BCUT2D eigenvalue weighted by atomic mass is 9.79. The molecule has 0 atom stereocenters. The largest absolute Gasteiger partial charge is 0.0654 e. The van der Waals surface area contributed by atoms with Crippen molar-refractivity contribution >= 4 is 0 Å². The van der Waals surface area contributed by atoms with Crippen molar-refractivity contribution in [1.29, 1.82) is 0 Å². The van der Waals surface area contributed by atoms with Crippen LogP contribution in [0.25, 0.3) is 0 Å². The Labute approximate surface area is 159 Å². The van der Waals surface area contributed by atoms with Crippen LogP contribution >= 0.6 is 0 Å². The van der Waals surface area contributed by atoms with Crippen LogP contribution in [0, 0.1) is 17.8 Å². The first-order valence-electron chi connectivity index (χ1n) is 12.4. The Kier molecular flexibility index (Phi) is 12.0. The van der Waals surface area contributed by atoms with E-state index in [2.05, 4.69) is 6.92 Å². The molecule has 0 amide bonds. The lowest BCUT2D eigenvalue weighted by Crippen LogP contribution is -2.12. The number of unbranched alkanes of at least 4 members (excludes halogenated alkanes) is 5. The number of rotatable bonds is 13. The average Bonchev–Trinajstić information content (AvgIpc) is 2.67. The van der Waals surface area contributed by atoms with Gasteiger partial charge in [0, 0.05) is 0 Å². The second kappa shape index (κ2) is 14.1. The maximum Gasteiger partial charge on any atom is -0.0414 e. The van der Waals surface area contributed by atoms with E-state index in [4.69, 9.17) is 0 Å². The van der Waals surface area contributed by atoms with Gasteiger partial charge in [-0.2, -0.15) is 0 Å². The van der Waals surface area contributed by atoms with Crippen LogP contribution in [-0.2, 0) is 0 Å². The second-order valence-electron chi connectivity index (χ2n) is 9.59. The third-order valence-electron chi connectivity index (χ3n) is 7.38. The van der Waals surface area contributed by atoms with Crippen LogP contribution in [-0.4, -0.2) is 0 Å². The zero-order valence-corrected chi connectivity index (χ0v) is 17.6. The van der Waals surface area contributed by atoms with Crippen molar-refractivity contribution in [3.05, 3.63) is 0 Å². The van der Waals surface area contributed by atoms with Gasteiger partial charge >= 0.3 is 0 Å². The van der Waals surface area contributed by atoms with Crippen molar-refractivity contribution in [1.82, 2.24) is 0 Å². The fourth-order valence-electron chi connectivity index (χ4n) is 5.54. The topological polar surface area (TPSA) is 0 Å². The monoisotopic (exact) mass is 348 g/mol. The maximum absolute atomic E-state index is 2.33. The van der Waals surface area contributed by atoms with Crippen LogP contribution in [0.2, 0.25) is 0 Å². The summed E-state index contributed by atoms with van der Waals surface area (Å²) in [6.07, 6.45) is 31.9. The Morgan fingerprint density at radius 3 is 1.56 bits per heavy atom. The first kappa shape index (κ1) is 21.3. The second-order valence-corrected chi connectivity index (χ2v) is 9.59. The molecule has 148 valence electrons. The highest BCUT2D eigenvalue weighted by Gasteiger charge is 2.19. The Bertz CT molecular complexity index is 260. The van der Waals surface area contributed by atoms with Gasteiger partial charge in [-0.25, -0.2) is 0 Å². The van der Waals surface area contributed by atoms with Crippen molar-refractivity contribution in [2.75, 3.05) is 0 Å². The molecule has 0 aromatic heterocycles. The minimum absolute atomic E-state index is 1.06. The Balaban J connectivity index is 1.63. The molecule has 0 heterocycles. The molecule has 0 aliphatic heterocycles. The van der Waals surface area contributed by atoms with Crippen LogP contribution in [0.15, 0.2) is 0 Å². The van der Waals surface area contributed by atoms with E-state index in [-0.39, 0.29) is 0 Å². The molecule has 0 unspecified atom stereocenters. The van der Waals surface area contributed by atoms with Gasteiger partial charge in [0.05, 0.1) is 0 Å². The third-order valence-corrected chi connectivity index (χ3v) is 7.38. The van der Waals surface area contributed by atoms with Gasteiger partial charge in [0.25, 0.3) is 0 Å². The summed E-state index contributed by atoms with van der Waals surface area (Å²) in [5.74, 6) is 3.25. The average molecular weight is 349 g/mol. The zero-order chi connectivity index (χ0) is 17.6. The molecule has 0 nitrogen and oxygen atoms in total. The van der Waals surface area contributed by atoms with Gasteiger partial charge in [0.1, 0.15) is 0 Å². The summed E-state index contributed by atoms with van der Waals surface area (Å²) in [5.41, 5.74) is 0. The van der Waals surface area contributed by atoms with Gasteiger partial charge in [0.15, 0.2) is 0 Å². The molecule has 0 aromatic carbocycles. The van der Waals surface area contributed by atoms with Gasteiger partial charge in [-0.1, -0.05) is 142 Å². The molecule has 2 aliphatic rings. The van der Waals surface area contributed by atoms with E-state index in [0.29, 0.717) is 0 Å². The third kappa shape index (κ3) is 10.0. The standard InChI is InChI=1S/C25H48/c1-2-3-4-5-6-9-18-25(21-19-23-14-10-7-11-15-23)22-20-24-16-12-8-13-17-24/h23-25H,2-22H2,1H3. The highest BCUT2D eigenvalue weighted by Crippen LogP contribution is 2.34. The van der Waals surface area contributed by atoms with Crippen LogP contribution in [0.1, 0.15) is 142 Å². The quantitative estimate of drug-likeness (QED) is 0.291. The van der Waals surface area contributed by atoms with Crippen LogP contribution in [0.3, 0.4) is 0 Å². The Hall–Kier alpha value is 0. The number of hydrogen-bond acceptors (Lipinski definition) is 0. The fraction of sp³-hybridized carbons (Fsp3) is 1.00. The van der Waals surface area contributed by atoms with E-state index < -0.39 is 0 Å². The van der Waals surface area contributed by atoms with Crippen molar-refractivity contribution < 1.29 is 0 Å². The van der Waals surface area contributed by atoms with Crippen LogP contribution < -0.4 is 0 Å². The normalized spacial score (nSPS) is 20.4. The van der Waals surface area contributed by atoms with Gasteiger partial charge < -0.3 is 0 Å². The van der Waals surface area contributed by atoms with Crippen LogP contribution in [0.4, 0.5) is 0 Å². The molecule has 2 aliphatic carbocycles. The molecule has 0 spiro atoms. The van der Waals surface area contributed by atoms with Crippen molar-refractivity contribution in [2.24, 2.45) is 17.8 Å². The summed E-state index contributed by atoms with van der Waals surface area (Å²) in [6, 6.07) is 0. The van der Waals surface area contributed by atoms with E-state index >= 15 is 0 Å². The molecule has 2 fully saturated rings. The van der Waals surface area contributed by atoms with Gasteiger partial charge in [0.2, 0.25) is 0 Å². The molecule has 0 aromatic rings. The van der Waals surface area contributed by atoms with Crippen molar-refractivity contribution in [2.45, 2.75) is 142 Å². The Morgan fingerprint density at radius 2 is 1.04 bits per heavy atom. The summed E-state index contributed by atoms with van der Waals surface area (Å²) in [5, 5.41) is 0. The summed E-state index contributed by atoms with van der Waals surface area (Å²) in [4.78, 5) is 0. The summed E-state index contributed by atoms with van der Waals surface area (Å²) in [7, 11) is 0. The van der Waals surface area contributed by atoms with E-state index in [1.807, 2.05) is 0 Å². The molecule has 0 bridgehead atoms. The molecule has 25 heavy (non-hydrogen) atoms.